The van der Waals surface area contributed by atoms with E-state index in [1.54, 1.807) is 0 Å². The number of likely N-dealkylation sites (tertiary alicyclic amines) is 1. The lowest BCUT2D eigenvalue weighted by Crippen LogP contribution is -2.43. The third-order valence-corrected chi connectivity index (χ3v) is 5.92. The molecule has 2 fully saturated rings. The molecule has 1 aromatic carbocycles. The molecule has 0 bridgehead atoms. The van der Waals surface area contributed by atoms with Crippen molar-refractivity contribution >= 4 is 17.4 Å². The normalized spacial score (nSPS) is 18.9. The molecule has 3 heterocycles. The number of H-pyrrole nitrogens is 1. The van der Waals surface area contributed by atoms with Crippen LogP contribution >= 0.6 is 0 Å². The molecule has 2 aromatic rings. The van der Waals surface area contributed by atoms with Gasteiger partial charge in [0.1, 0.15) is 5.56 Å². The molecule has 1 amide bonds. The summed E-state index contributed by atoms with van der Waals surface area (Å²) in [5.41, 5.74) is 14.4. The number of anilines is 2. The number of nitrogens with zero attached hydrogens (tertiary/aromatic N) is 3. The van der Waals surface area contributed by atoms with E-state index >= 15 is 0 Å². The van der Waals surface area contributed by atoms with Crippen molar-refractivity contribution in [3.63, 3.8) is 0 Å². The molecule has 7 nitrogen and oxygen atoms in total. The summed E-state index contributed by atoms with van der Waals surface area (Å²) in [7, 11) is 0. The number of hydrogen-bond donors (Lipinski definition) is 3. The van der Waals surface area contributed by atoms with Crippen molar-refractivity contribution in [1.29, 1.82) is 0 Å². The van der Waals surface area contributed by atoms with Crippen LogP contribution in [0.4, 0.5) is 11.5 Å². The van der Waals surface area contributed by atoms with Gasteiger partial charge in [-0.1, -0.05) is 12.1 Å². The maximum Gasteiger partial charge on any atom is 0.254 e. The van der Waals surface area contributed by atoms with Crippen LogP contribution in [0.1, 0.15) is 47.3 Å². The molecule has 4 rings (SSSR count). The summed E-state index contributed by atoms with van der Waals surface area (Å²) in [5.74, 6) is -0.385. The van der Waals surface area contributed by atoms with E-state index in [2.05, 4.69) is 44.3 Å². The average Bonchev–Trinajstić information content (AvgIpc) is 3.33. The van der Waals surface area contributed by atoms with E-state index in [1.165, 1.54) is 44.5 Å². The number of amides is 1. The second-order valence-corrected chi connectivity index (χ2v) is 7.63. The van der Waals surface area contributed by atoms with Gasteiger partial charge in [-0.2, -0.15) is 5.10 Å². The predicted octanol–water partition coefficient (Wildman–Crippen LogP) is 1.75. The van der Waals surface area contributed by atoms with Crippen molar-refractivity contribution in [2.45, 2.75) is 38.1 Å². The van der Waals surface area contributed by atoms with Crippen molar-refractivity contribution in [2.75, 3.05) is 36.8 Å². The largest absolute Gasteiger partial charge is 0.382 e. The topological polar surface area (TPSA) is 104 Å². The van der Waals surface area contributed by atoms with Crippen LogP contribution in [-0.2, 0) is 6.42 Å². The van der Waals surface area contributed by atoms with Gasteiger partial charge in [0.2, 0.25) is 0 Å². The number of nitrogens with two attached hydrogens (primary N) is 2. The molecule has 0 unspecified atom stereocenters. The summed E-state index contributed by atoms with van der Waals surface area (Å²) in [6, 6.07) is 9.29. The van der Waals surface area contributed by atoms with Gasteiger partial charge in [0.05, 0.1) is 5.69 Å². The predicted molar refractivity (Wildman–Crippen MR) is 107 cm³/mol. The van der Waals surface area contributed by atoms with Crippen LogP contribution in [0.15, 0.2) is 24.3 Å². The van der Waals surface area contributed by atoms with Gasteiger partial charge in [-0.15, -0.1) is 0 Å². The number of rotatable bonds is 5. The molecule has 2 aliphatic rings. The van der Waals surface area contributed by atoms with Gasteiger partial charge in [-0.25, -0.2) is 0 Å². The summed E-state index contributed by atoms with van der Waals surface area (Å²) in [6.07, 6.45) is 5.77. The first-order chi connectivity index (χ1) is 13.1. The lowest BCUT2D eigenvalue weighted by atomic mass is 10.0. The molecule has 7 heteroatoms. The highest BCUT2D eigenvalue weighted by Crippen LogP contribution is 2.26. The van der Waals surface area contributed by atoms with Gasteiger partial charge in [0, 0.05) is 31.2 Å². The fraction of sp³-hybridized carbons (Fsp3) is 0.500. The second kappa shape index (κ2) is 7.60. The maximum atomic E-state index is 11.5. The minimum absolute atomic E-state index is 0.162. The molecule has 5 N–H and O–H groups in total. The highest BCUT2D eigenvalue weighted by atomic mass is 16.1. The van der Waals surface area contributed by atoms with Gasteiger partial charge in [-0.3, -0.25) is 9.89 Å². The first-order valence-electron chi connectivity index (χ1n) is 9.82. The van der Waals surface area contributed by atoms with Crippen molar-refractivity contribution in [1.82, 2.24) is 15.1 Å². The van der Waals surface area contributed by atoms with Crippen LogP contribution in [-0.4, -0.2) is 53.2 Å². The Morgan fingerprint density at radius 3 is 2.41 bits per heavy atom. The Morgan fingerprint density at radius 2 is 1.78 bits per heavy atom. The number of nitrogen functional groups attached to an aromatic ring is 1. The van der Waals surface area contributed by atoms with Crippen molar-refractivity contribution in [3.05, 3.63) is 41.1 Å². The van der Waals surface area contributed by atoms with Crippen molar-refractivity contribution in [3.8, 4) is 0 Å². The van der Waals surface area contributed by atoms with Crippen LogP contribution < -0.4 is 16.4 Å². The third kappa shape index (κ3) is 3.78. The average molecular weight is 368 g/mol. The molecule has 0 saturated carbocycles. The van der Waals surface area contributed by atoms with E-state index in [9.17, 15) is 4.79 Å². The van der Waals surface area contributed by atoms with E-state index in [4.69, 9.17) is 11.5 Å². The van der Waals surface area contributed by atoms with Gasteiger partial charge in [0.15, 0.2) is 5.82 Å². The molecule has 0 spiro atoms. The number of aromatic nitrogens is 2. The van der Waals surface area contributed by atoms with Gasteiger partial charge in [-0.05, 0) is 56.5 Å². The Balaban J connectivity index is 1.37. The molecule has 0 atom stereocenters. The molecule has 2 aliphatic heterocycles. The highest BCUT2D eigenvalue weighted by Gasteiger charge is 2.26. The number of nitrogens with one attached hydrogen (secondary N) is 1. The van der Waals surface area contributed by atoms with Crippen molar-refractivity contribution < 1.29 is 4.79 Å². The number of carbonyl (C=O) groups is 1. The fourth-order valence-electron chi connectivity index (χ4n) is 4.42. The van der Waals surface area contributed by atoms with Crippen LogP contribution in [0.5, 0.6) is 0 Å². The van der Waals surface area contributed by atoms with E-state index in [1.807, 2.05) is 0 Å². The number of carbonyl (C=O) groups excluding carboxylic acids is 1. The number of primary amides is 1. The SMILES string of the molecule is NC(=O)c1c(N)n[nH]c1Cc1ccc(N2CCC(N3CCCC3)CC2)cc1. The summed E-state index contributed by atoms with van der Waals surface area (Å²) in [6.45, 7) is 4.79. The van der Waals surface area contributed by atoms with Crippen LogP contribution in [0.3, 0.4) is 0 Å². The Labute approximate surface area is 159 Å². The van der Waals surface area contributed by atoms with E-state index < -0.39 is 5.91 Å². The van der Waals surface area contributed by atoms with Crippen LogP contribution in [0.2, 0.25) is 0 Å². The van der Waals surface area contributed by atoms with Gasteiger partial charge in [0.25, 0.3) is 5.91 Å². The van der Waals surface area contributed by atoms with Crippen molar-refractivity contribution in [2.24, 2.45) is 5.73 Å². The first kappa shape index (κ1) is 17.9. The Hall–Kier alpha value is -2.54. The fourth-order valence-corrected chi connectivity index (χ4v) is 4.42. The number of hydrogen-bond acceptors (Lipinski definition) is 5. The zero-order chi connectivity index (χ0) is 18.8. The van der Waals surface area contributed by atoms with E-state index in [0.29, 0.717) is 17.7 Å². The molecule has 0 aliphatic carbocycles. The summed E-state index contributed by atoms with van der Waals surface area (Å²) in [5, 5.41) is 6.73. The molecule has 27 heavy (non-hydrogen) atoms. The number of piperidine rings is 1. The minimum Gasteiger partial charge on any atom is -0.382 e. The zero-order valence-corrected chi connectivity index (χ0v) is 15.7. The van der Waals surface area contributed by atoms with E-state index in [0.717, 1.165) is 24.7 Å². The first-order valence-corrected chi connectivity index (χ1v) is 9.82. The van der Waals surface area contributed by atoms with Crippen LogP contribution in [0, 0.1) is 0 Å². The highest BCUT2D eigenvalue weighted by molar-refractivity contribution is 5.98. The number of benzene rings is 1. The summed E-state index contributed by atoms with van der Waals surface area (Å²) < 4.78 is 0. The Kier molecular flexibility index (Phi) is 5.03. The molecule has 0 radical (unpaired) electrons. The summed E-state index contributed by atoms with van der Waals surface area (Å²) >= 11 is 0. The lowest BCUT2D eigenvalue weighted by Gasteiger charge is -2.37. The standard InChI is InChI=1S/C20H28N6O/c21-19-18(20(22)27)17(23-24-19)13-14-3-5-15(6-4-14)26-11-7-16(8-12-26)25-9-1-2-10-25/h3-6,16H,1-2,7-13H2,(H2,22,27)(H3,21,23,24). The molecule has 2 saturated heterocycles. The molecule has 144 valence electrons. The van der Waals surface area contributed by atoms with Gasteiger partial charge < -0.3 is 21.3 Å². The van der Waals surface area contributed by atoms with E-state index in [-0.39, 0.29) is 5.82 Å². The Morgan fingerprint density at radius 1 is 1.11 bits per heavy atom. The maximum absolute atomic E-state index is 11.5. The smallest absolute Gasteiger partial charge is 0.254 e. The molecular weight excluding hydrogens is 340 g/mol. The number of aromatic amines is 1. The minimum atomic E-state index is -0.547. The summed E-state index contributed by atoms with van der Waals surface area (Å²) in [4.78, 5) is 16.7. The second-order valence-electron chi connectivity index (χ2n) is 7.63. The third-order valence-electron chi connectivity index (χ3n) is 5.92. The monoisotopic (exact) mass is 368 g/mol. The van der Waals surface area contributed by atoms with Crippen LogP contribution in [0.25, 0.3) is 0 Å². The quantitative estimate of drug-likeness (QED) is 0.746. The molecule has 1 aromatic heterocycles. The Bertz CT molecular complexity index is 785. The molecular formula is C20H28N6O. The lowest BCUT2D eigenvalue weighted by molar-refractivity contribution is 0.100. The zero-order valence-electron chi connectivity index (χ0n) is 15.7. The van der Waals surface area contributed by atoms with Gasteiger partial charge >= 0.3 is 0 Å².